The van der Waals surface area contributed by atoms with Crippen molar-refractivity contribution in [2.45, 2.75) is 32.4 Å². The highest BCUT2D eigenvalue weighted by atomic mass is 32.2. The molecule has 0 radical (unpaired) electrons. The second-order valence-electron chi connectivity index (χ2n) is 4.32. The van der Waals surface area contributed by atoms with E-state index in [0.29, 0.717) is 6.42 Å². The number of amides is 2. The van der Waals surface area contributed by atoms with Crippen molar-refractivity contribution in [1.82, 2.24) is 10.2 Å². The molecule has 1 aliphatic rings. The summed E-state index contributed by atoms with van der Waals surface area (Å²) in [4.78, 5) is 24.9. The molecule has 0 aliphatic carbocycles. The Morgan fingerprint density at radius 3 is 2.41 bits per heavy atom. The van der Waals surface area contributed by atoms with Crippen LogP contribution in [0.25, 0.3) is 0 Å². The van der Waals surface area contributed by atoms with Gasteiger partial charge in [-0.25, -0.2) is 8.42 Å². The molecule has 98 valence electrons. The molecule has 2 unspecified atom stereocenters. The molecule has 7 heteroatoms. The quantitative estimate of drug-likeness (QED) is 0.716. The molecule has 1 heterocycles. The lowest BCUT2D eigenvalue weighted by Crippen LogP contribution is -2.62. The summed E-state index contributed by atoms with van der Waals surface area (Å²) < 4.78 is 22.2. The molecule has 1 rings (SSSR count). The first-order valence-electron chi connectivity index (χ1n) is 5.55. The second-order valence-corrected chi connectivity index (χ2v) is 6.58. The molecule has 0 aromatic heterocycles. The summed E-state index contributed by atoms with van der Waals surface area (Å²) in [5.41, 5.74) is 0. The van der Waals surface area contributed by atoms with Crippen molar-refractivity contribution in [3.8, 4) is 0 Å². The molecule has 0 bridgehead atoms. The Kier molecular flexibility index (Phi) is 4.13. The Morgan fingerprint density at radius 2 is 1.94 bits per heavy atom. The highest BCUT2D eigenvalue weighted by Gasteiger charge is 2.37. The van der Waals surface area contributed by atoms with Gasteiger partial charge in [-0.1, -0.05) is 6.92 Å². The van der Waals surface area contributed by atoms with E-state index in [9.17, 15) is 18.0 Å². The molecule has 0 spiro atoms. The third-order valence-electron chi connectivity index (χ3n) is 2.78. The van der Waals surface area contributed by atoms with E-state index >= 15 is 0 Å². The van der Waals surface area contributed by atoms with Crippen molar-refractivity contribution < 1.29 is 18.0 Å². The lowest BCUT2D eigenvalue weighted by molar-refractivity contribution is -0.148. The third kappa shape index (κ3) is 3.42. The maximum atomic E-state index is 11.9. The molecular formula is C10H18N2O4S. The van der Waals surface area contributed by atoms with Crippen molar-refractivity contribution in [3.63, 3.8) is 0 Å². The van der Waals surface area contributed by atoms with Crippen molar-refractivity contribution >= 4 is 21.7 Å². The highest BCUT2D eigenvalue weighted by Crippen LogP contribution is 2.12. The molecule has 0 aromatic carbocycles. The molecule has 0 aromatic rings. The smallest absolute Gasteiger partial charge is 0.245 e. The minimum Gasteiger partial charge on any atom is -0.343 e. The van der Waals surface area contributed by atoms with Crippen LogP contribution in [0.2, 0.25) is 0 Å². The molecule has 1 fully saturated rings. The fourth-order valence-electron chi connectivity index (χ4n) is 1.85. The molecule has 0 saturated carbocycles. The topological polar surface area (TPSA) is 83.6 Å². The molecule has 2 atom stereocenters. The first-order valence-corrected chi connectivity index (χ1v) is 7.61. The number of nitrogens with one attached hydrogen (secondary N) is 1. The molecule has 6 nitrogen and oxygen atoms in total. The summed E-state index contributed by atoms with van der Waals surface area (Å²) in [7, 11) is -3.14. The van der Waals surface area contributed by atoms with Crippen LogP contribution in [0, 0.1) is 0 Å². The number of nitrogens with zero attached hydrogens (tertiary/aromatic N) is 1. The van der Waals surface area contributed by atoms with Crippen molar-refractivity contribution in [2.75, 3.05) is 18.6 Å². The Bertz CT molecular complexity index is 418. The maximum Gasteiger partial charge on any atom is 0.245 e. The Balaban J connectivity index is 2.83. The summed E-state index contributed by atoms with van der Waals surface area (Å²) >= 11 is 0. The van der Waals surface area contributed by atoms with Crippen LogP contribution < -0.4 is 5.32 Å². The van der Waals surface area contributed by atoms with Crippen LogP contribution in [-0.4, -0.2) is 55.8 Å². The van der Waals surface area contributed by atoms with Gasteiger partial charge >= 0.3 is 0 Å². The summed E-state index contributed by atoms with van der Waals surface area (Å²) in [5, 5.41) is 2.58. The van der Waals surface area contributed by atoms with E-state index in [0.717, 1.165) is 6.26 Å². The van der Waals surface area contributed by atoms with Gasteiger partial charge in [0.05, 0.1) is 5.75 Å². The number of hydrogen-bond donors (Lipinski definition) is 1. The highest BCUT2D eigenvalue weighted by molar-refractivity contribution is 7.90. The third-order valence-corrected chi connectivity index (χ3v) is 3.70. The van der Waals surface area contributed by atoms with Gasteiger partial charge in [0, 0.05) is 12.8 Å². The predicted molar refractivity (Wildman–Crippen MR) is 63.1 cm³/mol. The van der Waals surface area contributed by atoms with Gasteiger partial charge in [0.25, 0.3) is 0 Å². The summed E-state index contributed by atoms with van der Waals surface area (Å²) in [6, 6.07) is -1.13. The largest absolute Gasteiger partial charge is 0.343 e. The van der Waals surface area contributed by atoms with Crippen LogP contribution in [0.15, 0.2) is 0 Å². The number of piperazine rings is 1. The van der Waals surface area contributed by atoms with Crippen molar-refractivity contribution in [1.29, 1.82) is 0 Å². The minimum absolute atomic E-state index is 0.0773. The number of rotatable bonds is 4. The summed E-state index contributed by atoms with van der Waals surface area (Å²) in [5.74, 6) is -0.553. The fraction of sp³-hybridized carbons (Fsp3) is 0.800. The Labute approximate surface area is 101 Å². The zero-order valence-corrected chi connectivity index (χ0v) is 11.1. The van der Waals surface area contributed by atoms with Gasteiger partial charge < -0.3 is 10.2 Å². The second kappa shape index (κ2) is 5.03. The van der Waals surface area contributed by atoms with Gasteiger partial charge in [0.2, 0.25) is 11.8 Å². The van der Waals surface area contributed by atoms with Crippen LogP contribution in [-0.2, 0) is 19.4 Å². The minimum atomic E-state index is -3.14. The molecule has 1 aliphatic heterocycles. The van der Waals surface area contributed by atoms with Crippen molar-refractivity contribution in [2.24, 2.45) is 0 Å². The Morgan fingerprint density at radius 1 is 1.35 bits per heavy atom. The number of sulfone groups is 1. The lowest BCUT2D eigenvalue weighted by Gasteiger charge is -2.37. The number of hydrogen-bond acceptors (Lipinski definition) is 4. The normalized spacial score (nSPS) is 25.9. The molecule has 2 amide bonds. The first-order chi connectivity index (χ1) is 7.76. The number of carbonyl (C=O) groups is 2. The zero-order valence-electron chi connectivity index (χ0n) is 10.3. The van der Waals surface area contributed by atoms with E-state index in [2.05, 4.69) is 5.32 Å². The van der Waals surface area contributed by atoms with Gasteiger partial charge in [0.1, 0.15) is 21.9 Å². The van der Waals surface area contributed by atoms with Crippen LogP contribution >= 0.6 is 0 Å². The van der Waals surface area contributed by atoms with E-state index in [1.54, 1.807) is 13.8 Å². The van der Waals surface area contributed by atoms with E-state index in [1.807, 2.05) is 0 Å². The lowest BCUT2D eigenvalue weighted by atomic mass is 10.1. The van der Waals surface area contributed by atoms with Crippen LogP contribution in [0.4, 0.5) is 0 Å². The molecule has 1 N–H and O–H groups in total. The molecule has 1 saturated heterocycles. The summed E-state index contributed by atoms with van der Waals surface area (Å²) in [6.45, 7) is 3.47. The first kappa shape index (κ1) is 14.0. The van der Waals surface area contributed by atoms with E-state index in [4.69, 9.17) is 0 Å². The average molecular weight is 262 g/mol. The SMILES string of the molecule is CCC1C(=O)NC(C)C(=O)N1CCS(C)(=O)=O. The van der Waals surface area contributed by atoms with Crippen LogP contribution in [0.3, 0.4) is 0 Å². The van der Waals surface area contributed by atoms with Gasteiger partial charge in [-0.2, -0.15) is 0 Å². The zero-order chi connectivity index (χ0) is 13.2. The average Bonchev–Trinajstić information content (AvgIpc) is 2.19. The van der Waals surface area contributed by atoms with Crippen LogP contribution in [0.1, 0.15) is 20.3 Å². The monoisotopic (exact) mass is 262 g/mol. The van der Waals surface area contributed by atoms with Gasteiger partial charge in [-0.3, -0.25) is 9.59 Å². The Hall–Kier alpha value is -1.11. The molecular weight excluding hydrogens is 244 g/mol. The van der Waals surface area contributed by atoms with Gasteiger partial charge in [-0.05, 0) is 13.3 Å². The standard InChI is InChI=1S/C10H18N2O4S/c1-4-8-9(13)11-7(2)10(14)12(8)5-6-17(3,15)16/h7-8H,4-6H2,1-3H3,(H,11,13). The summed E-state index contributed by atoms with van der Waals surface area (Å²) in [6.07, 6.45) is 1.60. The van der Waals surface area contributed by atoms with E-state index in [1.165, 1.54) is 4.90 Å². The van der Waals surface area contributed by atoms with E-state index in [-0.39, 0.29) is 24.1 Å². The maximum absolute atomic E-state index is 11.9. The fourth-order valence-corrected chi connectivity index (χ4v) is 2.38. The van der Waals surface area contributed by atoms with Crippen LogP contribution in [0.5, 0.6) is 0 Å². The van der Waals surface area contributed by atoms with Gasteiger partial charge in [-0.15, -0.1) is 0 Å². The van der Waals surface area contributed by atoms with Crippen molar-refractivity contribution in [3.05, 3.63) is 0 Å². The molecule has 17 heavy (non-hydrogen) atoms. The predicted octanol–water partition coefficient (Wildman–Crippen LogP) is -0.843. The van der Waals surface area contributed by atoms with Gasteiger partial charge in [0.15, 0.2) is 0 Å². The van der Waals surface area contributed by atoms with E-state index < -0.39 is 21.9 Å². The number of carbonyl (C=O) groups excluding carboxylic acids is 2.